The number of alkyl halides is 6. The molecule has 0 amide bonds. The minimum atomic E-state index is -4.97. The zero-order chi connectivity index (χ0) is 16.5. The van der Waals surface area contributed by atoms with Crippen molar-refractivity contribution >= 4 is 5.69 Å². The average molecular weight is 321 g/mol. The van der Waals surface area contributed by atoms with Gasteiger partial charge in [0.2, 0.25) is 0 Å². The van der Waals surface area contributed by atoms with E-state index in [9.17, 15) is 26.3 Å². The van der Waals surface area contributed by atoms with Gasteiger partial charge < -0.3 is 10.5 Å². The molecule has 0 heterocycles. The summed E-state index contributed by atoms with van der Waals surface area (Å²) in [6.07, 6.45) is -9.67. The number of nitrogens with two attached hydrogens (primary N) is 1. The number of hydrogen-bond donors (Lipinski definition) is 1. The van der Waals surface area contributed by atoms with Crippen molar-refractivity contribution in [1.82, 2.24) is 0 Å². The van der Waals surface area contributed by atoms with Crippen LogP contribution >= 0.6 is 0 Å². The molecule has 118 valence electrons. The third-order valence-electron chi connectivity index (χ3n) is 2.81. The first kappa shape index (κ1) is 16.0. The molecule has 2 nitrogen and oxygen atoms in total. The number of halogens is 6. The molecule has 0 unspecified atom stereocenters. The van der Waals surface area contributed by atoms with Crippen molar-refractivity contribution in [1.29, 1.82) is 0 Å². The summed E-state index contributed by atoms with van der Waals surface area (Å²) < 4.78 is 79.4. The van der Waals surface area contributed by atoms with E-state index in [1.807, 2.05) is 0 Å². The Morgan fingerprint density at radius 3 is 1.95 bits per heavy atom. The predicted molar refractivity (Wildman–Crippen MR) is 68.0 cm³/mol. The Kier molecular flexibility index (Phi) is 3.95. The molecular weight excluding hydrogens is 312 g/mol. The molecule has 2 aromatic carbocycles. The van der Waals surface area contributed by atoms with Crippen LogP contribution in [-0.2, 0) is 6.18 Å². The summed E-state index contributed by atoms with van der Waals surface area (Å²) in [7, 11) is 0. The summed E-state index contributed by atoms with van der Waals surface area (Å²) in [5, 5.41) is 0. The van der Waals surface area contributed by atoms with Crippen LogP contribution in [0.2, 0.25) is 0 Å². The summed E-state index contributed by atoms with van der Waals surface area (Å²) in [4.78, 5) is 0. The second-order valence-electron chi connectivity index (χ2n) is 4.31. The fourth-order valence-corrected chi connectivity index (χ4v) is 1.95. The number of nitrogen functional groups attached to an aromatic ring is 1. The maximum absolute atomic E-state index is 12.8. The van der Waals surface area contributed by atoms with Gasteiger partial charge in [0.25, 0.3) is 0 Å². The van der Waals surface area contributed by atoms with E-state index >= 15 is 0 Å². The lowest BCUT2D eigenvalue weighted by atomic mass is 9.99. The molecule has 0 radical (unpaired) electrons. The van der Waals surface area contributed by atoms with E-state index in [-0.39, 0.29) is 11.1 Å². The van der Waals surface area contributed by atoms with Crippen LogP contribution in [0.3, 0.4) is 0 Å². The fourth-order valence-electron chi connectivity index (χ4n) is 1.95. The van der Waals surface area contributed by atoms with Crippen molar-refractivity contribution in [3.05, 3.63) is 48.0 Å². The normalized spacial score (nSPS) is 12.3. The smallest absolute Gasteiger partial charge is 0.405 e. The standard InChI is InChI=1S/C14H9F6NO/c15-13(16,17)10-6-3-5-9(12(10)21)8-4-1-2-7-11(8)22-14(18,19)20/h1-7H,21H2. The third kappa shape index (κ3) is 3.44. The van der Waals surface area contributed by atoms with Crippen molar-refractivity contribution in [3.63, 3.8) is 0 Å². The molecule has 0 aliphatic rings. The number of para-hydroxylation sites is 2. The molecule has 0 fully saturated rings. The summed E-state index contributed by atoms with van der Waals surface area (Å²) in [5.74, 6) is -0.624. The number of anilines is 1. The van der Waals surface area contributed by atoms with Crippen LogP contribution < -0.4 is 10.5 Å². The summed E-state index contributed by atoms with van der Waals surface area (Å²) in [6, 6.07) is 7.87. The van der Waals surface area contributed by atoms with Crippen molar-refractivity contribution < 1.29 is 31.1 Å². The zero-order valence-electron chi connectivity index (χ0n) is 10.8. The van der Waals surface area contributed by atoms with Gasteiger partial charge in [-0.1, -0.05) is 30.3 Å². The van der Waals surface area contributed by atoms with E-state index in [1.165, 1.54) is 24.3 Å². The Labute approximate surface area is 121 Å². The van der Waals surface area contributed by atoms with E-state index in [0.29, 0.717) is 0 Å². The molecule has 2 N–H and O–H groups in total. The van der Waals surface area contributed by atoms with Crippen LogP contribution in [0.1, 0.15) is 5.56 Å². The second-order valence-corrected chi connectivity index (χ2v) is 4.31. The molecule has 8 heteroatoms. The Morgan fingerprint density at radius 2 is 1.36 bits per heavy atom. The Bertz CT molecular complexity index is 678. The van der Waals surface area contributed by atoms with E-state index in [2.05, 4.69) is 4.74 Å². The lowest BCUT2D eigenvalue weighted by molar-refractivity contribution is -0.274. The third-order valence-corrected chi connectivity index (χ3v) is 2.81. The number of benzene rings is 2. The number of hydrogen-bond acceptors (Lipinski definition) is 2. The van der Waals surface area contributed by atoms with Crippen molar-refractivity contribution in [3.8, 4) is 16.9 Å². The Hall–Kier alpha value is -2.38. The minimum absolute atomic E-state index is 0.177. The highest BCUT2D eigenvalue weighted by Crippen LogP contribution is 2.41. The highest BCUT2D eigenvalue weighted by molar-refractivity contribution is 5.82. The molecule has 2 aromatic rings. The number of ether oxygens (including phenoxy) is 1. The highest BCUT2D eigenvalue weighted by atomic mass is 19.4. The molecular formula is C14H9F6NO. The average Bonchev–Trinajstić information content (AvgIpc) is 2.37. The van der Waals surface area contributed by atoms with E-state index < -0.39 is 29.5 Å². The van der Waals surface area contributed by atoms with Crippen LogP contribution in [0.4, 0.5) is 32.0 Å². The van der Waals surface area contributed by atoms with Gasteiger partial charge in [-0.05, 0) is 12.1 Å². The van der Waals surface area contributed by atoms with Gasteiger partial charge in [-0.2, -0.15) is 13.2 Å². The topological polar surface area (TPSA) is 35.2 Å². The fraction of sp³-hybridized carbons (Fsp3) is 0.143. The molecule has 0 aliphatic heterocycles. The van der Waals surface area contributed by atoms with Gasteiger partial charge in [-0.15, -0.1) is 13.2 Å². The predicted octanol–water partition coefficient (Wildman–Crippen LogP) is 4.85. The highest BCUT2D eigenvalue weighted by Gasteiger charge is 2.35. The zero-order valence-corrected chi connectivity index (χ0v) is 10.8. The summed E-state index contributed by atoms with van der Waals surface area (Å²) >= 11 is 0. The van der Waals surface area contributed by atoms with Gasteiger partial charge in [0.05, 0.1) is 11.3 Å². The first-order valence-corrected chi connectivity index (χ1v) is 5.90. The molecule has 0 spiro atoms. The summed E-state index contributed by atoms with van der Waals surface area (Å²) in [5.41, 5.74) is 3.34. The second kappa shape index (κ2) is 5.43. The lowest BCUT2D eigenvalue weighted by Gasteiger charge is -2.17. The Morgan fingerprint density at radius 1 is 0.773 bits per heavy atom. The number of rotatable bonds is 2. The first-order valence-electron chi connectivity index (χ1n) is 5.90. The molecule has 0 atom stereocenters. The van der Waals surface area contributed by atoms with Crippen LogP contribution in [0, 0.1) is 0 Å². The molecule has 0 saturated carbocycles. The minimum Gasteiger partial charge on any atom is -0.405 e. The van der Waals surface area contributed by atoms with Crippen LogP contribution in [0.15, 0.2) is 42.5 Å². The van der Waals surface area contributed by atoms with Gasteiger partial charge in [-0.25, -0.2) is 0 Å². The van der Waals surface area contributed by atoms with Crippen LogP contribution in [0.5, 0.6) is 5.75 Å². The van der Waals surface area contributed by atoms with Gasteiger partial charge >= 0.3 is 12.5 Å². The van der Waals surface area contributed by atoms with Gasteiger partial charge in [-0.3, -0.25) is 0 Å². The van der Waals surface area contributed by atoms with E-state index in [1.54, 1.807) is 0 Å². The summed E-state index contributed by atoms with van der Waals surface area (Å²) in [6.45, 7) is 0. The van der Waals surface area contributed by atoms with Gasteiger partial charge in [0.1, 0.15) is 5.75 Å². The largest absolute Gasteiger partial charge is 0.573 e. The molecule has 0 saturated heterocycles. The first-order chi connectivity index (χ1) is 10.1. The molecule has 0 aliphatic carbocycles. The maximum atomic E-state index is 12.8. The van der Waals surface area contributed by atoms with Crippen molar-refractivity contribution in [2.45, 2.75) is 12.5 Å². The lowest BCUT2D eigenvalue weighted by Crippen LogP contribution is -2.17. The quantitative estimate of drug-likeness (QED) is 0.634. The SMILES string of the molecule is Nc1c(-c2ccccc2OC(F)(F)F)cccc1C(F)(F)F. The Balaban J connectivity index is 2.59. The van der Waals surface area contributed by atoms with Gasteiger partial charge in [0, 0.05) is 11.1 Å². The molecule has 22 heavy (non-hydrogen) atoms. The van der Waals surface area contributed by atoms with Gasteiger partial charge in [0.15, 0.2) is 0 Å². The van der Waals surface area contributed by atoms with Crippen LogP contribution in [-0.4, -0.2) is 6.36 Å². The van der Waals surface area contributed by atoms with E-state index in [0.717, 1.165) is 18.2 Å². The molecule has 0 bridgehead atoms. The molecule has 2 rings (SSSR count). The molecule has 0 aromatic heterocycles. The van der Waals surface area contributed by atoms with Crippen molar-refractivity contribution in [2.24, 2.45) is 0 Å². The van der Waals surface area contributed by atoms with Crippen molar-refractivity contribution in [2.75, 3.05) is 5.73 Å². The van der Waals surface area contributed by atoms with Crippen LogP contribution in [0.25, 0.3) is 11.1 Å². The van der Waals surface area contributed by atoms with E-state index in [4.69, 9.17) is 5.73 Å². The monoisotopic (exact) mass is 321 g/mol. The maximum Gasteiger partial charge on any atom is 0.573 e.